The molecule has 2 aromatic heterocycles. The topological polar surface area (TPSA) is 26.0 Å². The normalized spacial score (nSPS) is 16.8. The van der Waals surface area contributed by atoms with Crippen LogP contribution in [0.1, 0.15) is 31.8 Å². The van der Waals surface area contributed by atoms with Gasteiger partial charge in [-0.05, 0) is 47.7 Å². The quantitative estimate of drug-likeness (QED) is 0.902. The highest BCUT2D eigenvalue weighted by Gasteiger charge is 2.19. The minimum absolute atomic E-state index is 0.0712. The number of thiophene rings is 2. The third-order valence-electron chi connectivity index (χ3n) is 3.19. The first-order valence-electron chi connectivity index (χ1n) is 5.74. The fourth-order valence-corrected chi connectivity index (χ4v) is 5.34. The first-order chi connectivity index (χ1) is 8.25. The summed E-state index contributed by atoms with van der Waals surface area (Å²) in [5.41, 5.74) is 9.19. The number of rotatable bonds is 2. The van der Waals surface area contributed by atoms with Gasteiger partial charge in [0.2, 0.25) is 0 Å². The van der Waals surface area contributed by atoms with Gasteiger partial charge in [-0.3, -0.25) is 0 Å². The summed E-state index contributed by atoms with van der Waals surface area (Å²) in [6.45, 7) is 2.16. The van der Waals surface area contributed by atoms with Crippen LogP contribution in [-0.4, -0.2) is 5.75 Å². The van der Waals surface area contributed by atoms with Crippen LogP contribution in [0.4, 0.5) is 0 Å². The lowest BCUT2D eigenvalue weighted by atomic mass is 10.1. The Bertz CT molecular complexity index is 503. The highest BCUT2D eigenvalue weighted by molar-refractivity contribution is 7.98. The molecule has 0 spiro atoms. The standard InChI is InChI=1S/C13H15NS3/c1-8-10(2-5-16-8)13(14)12-6-9-7-15-4-3-11(9)17-12/h2,5-6,13H,3-4,7,14H2,1H3. The van der Waals surface area contributed by atoms with Crippen molar-refractivity contribution < 1.29 is 0 Å². The van der Waals surface area contributed by atoms with E-state index in [-0.39, 0.29) is 6.04 Å². The third kappa shape index (κ3) is 2.19. The van der Waals surface area contributed by atoms with E-state index in [0.29, 0.717) is 0 Å². The van der Waals surface area contributed by atoms with Gasteiger partial charge in [0.15, 0.2) is 0 Å². The molecule has 1 aliphatic heterocycles. The molecule has 3 heterocycles. The predicted molar refractivity (Wildman–Crippen MR) is 79.3 cm³/mol. The van der Waals surface area contributed by atoms with Crippen LogP contribution >= 0.6 is 34.4 Å². The van der Waals surface area contributed by atoms with E-state index in [1.165, 1.54) is 38.8 Å². The van der Waals surface area contributed by atoms with Gasteiger partial charge in [0.05, 0.1) is 6.04 Å². The fourth-order valence-electron chi connectivity index (χ4n) is 2.19. The molecule has 1 aliphatic rings. The van der Waals surface area contributed by atoms with Crippen LogP contribution in [0.25, 0.3) is 0 Å². The highest BCUT2D eigenvalue weighted by atomic mass is 32.2. The average molecular weight is 281 g/mol. The molecule has 2 aromatic rings. The maximum atomic E-state index is 6.38. The zero-order valence-electron chi connectivity index (χ0n) is 9.73. The van der Waals surface area contributed by atoms with Gasteiger partial charge in [-0.25, -0.2) is 0 Å². The molecule has 0 radical (unpaired) electrons. The van der Waals surface area contributed by atoms with E-state index in [1.54, 1.807) is 16.2 Å². The van der Waals surface area contributed by atoms with Crippen molar-refractivity contribution >= 4 is 34.4 Å². The molecule has 1 atom stereocenters. The Kier molecular flexibility index (Phi) is 3.30. The molecule has 3 rings (SSSR count). The zero-order chi connectivity index (χ0) is 11.8. The summed E-state index contributed by atoms with van der Waals surface area (Å²) in [7, 11) is 0. The van der Waals surface area contributed by atoms with Crippen LogP contribution in [0.3, 0.4) is 0 Å². The van der Waals surface area contributed by atoms with Crippen LogP contribution in [0, 0.1) is 6.92 Å². The lowest BCUT2D eigenvalue weighted by molar-refractivity contribution is 0.890. The minimum Gasteiger partial charge on any atom is -0.320 e. The summed E-state index contributed by atoms with van der Waals surface area (Å²) in [4.78, 5) is 4.24. The van der Waals surface area contributed by atoms with Crippen LogP contribution in [0.5, 0.6) is 0 Å². The SMILES string of the molecule is Cc1sccc1C(N)c1cc2c(s1)CCSC2. The van der Waals surface area contributed by atoms with Crippen molar-refractivity contribution in [2.45, 2.75) is 25.1 Å². The van der Waals surface area contributed by atoms with Crippen molar-refractivity contribution in [1.29, 1.82) is 0 Å². The molecular formula is C13H15NS3. The van der Waals surface area contributed by atoms with E-state index in [4.69, 9.17) is 5.73 Å². The van der Waals surface area contributed by atoms with E-state index < -0.39 is 0 Å². The average Bonchev–Trinajstić information content (AvgIpc) is 2.93. The van der Waals surface area contributed by atoms with Crippen LogP contribution in [0.2, 0.25) is 0 Å². The van der Waals surface area contributed by atoms with Gasteiger partial charge in [0, 0.05) is 20.4 Å². The maximum absolute atomic E-state index is 6.38. The molecular weight excluding hydrogens is 266 g/mol. The lowest BCUT2D eigenvalue weighted by Crippen LogP contribution is -2.10. The molecule has 0 saturated carbocycles. The molecule has 1 unspecified atom stereocenters. The summed E-state index contributed by atoms with van der Waals surface area (Å²) in [5.74, 6) is 2.43. The zero-order valence-corrected chi connectivity index (χ0v) is 12.2. The molecule has 0 saturated heterocycles. The molecule has 0 amide bonds. The number of nitrogens with two attached hydrogens (primary N) is 1. The minimum atomic E-state index is 0.0712. The van der Waals surface area contributed by atoms with Crippen LogP contribution in [0.15, 0.2) is 17.5 Å². The predicted octanol–water partition coefficient (Wildman–Crippen LogP) is 3.96. The van der Waals surface area contributed by atoms with E-state index in [0.717, 1.165) is 0 Å². The number of thioether (sulfide) groups is 1. The summed E-state index contributed by atoms with van der Waals surface area (Å²) in [6, 6.07) is 4.56. The van der Waals surface area contributed by atoms with Gasteiger partial charge in [0.25, 0.3) is 0 Å². The first kappa shape index (κ1) is 11.8. The summed E-state index contributed by atoms with van der Waals surface area (Å²) in [5, 5.41) is 2.13. The number of hydrogen-bond acceptors (Lipinski definition) is 4. The van der Waals surface area contributed by atoms with Gasteiger partial charge in [0.1, 0.15) is 0 Å². The smallest absolute Gasteiger partial charge is 0.0656 e. The third-order valence-corrected chi connectivity index (χ3v) is 6.38. The van der Waals surface area contributed by atoms with Crippen molar-refractivity contribution in [3.8, 4) is 0 Å². The molecule has 17 heavy (non-hydrogen) atoms. The van der Waals surface area contributed by atoms with Gasteiger partial charge in [-0.2, -0.15) is 11.8 Å². The molecule has 0 aliphatic carbocycles. The van der Waals surface area contributed by atoms with Gasteiger partial charge in [-0.15, -0.1) is 22.7 Å². The number of hydrogen-bond donors (Lipinski definition) is 1. The van der Waals surface area contributed by atoms with Gasteiger partial charge in [-0.1, -0.05) is 0 Å². The summed E-state index contributed by atoms with van der Waals surface area (Å²) < 4.78 is 0. The second-order valence-electron chi connectivity index (χ2n) is 4.31. The van der Waals surface area contributed by atoms with E-state index >= 15 is 0 Å². The van der Waals surface area contributed by atoms with Crippen molar-refractivity contribution in [2.75, 3.05) is 5.75 Å². The lowest BCUT2D eigenvalue weighted by Gasteiger charge is -2.08. The largest absolute Gasteiger partial charge is 0.320 e. The molecule has 2 N–H and O–H groups in total. The van der Waals surface area contributed by atoms with Crippen molar-refractivity contribution in [3.63, 3.8) is 0 Å². The summed E-state index contributed by atoms with van der Waals surface area (Å²) >= 11 is 5.73. The monoisotopic (exact) mass is 281 g/mol. The molecule has 0 fully saturated rings. The Morgan fingerprint density at radius 3 is 3.00 bits per heavy atom. The second kappa shape index (κ2) is 4.76. The van der Waals surface area contributed by atoms with Crippen LogP contribution < -0.4 is 5.73 Å². The Morgan fingerprint density at radius 1 is 1.41 bits per heavy atom. The second-order valence-corrected chi connectivity index (χ2v) is 7.70. The molecule has 4 heteroatoms. The Labute approximate surface area is 114 Å². The van der Waals surface area contributed by atoms with Gasteiger partial charge >= 0.3 is 0 Å². The molecule has 1 nitrogen and oxygen atoms in total. The van der Waals surface area contributed by atoms with Crippen molar-refractivity contribution in [2.24, 2.45) is 5.73 Å². The van der Waals surface area contributed by atoms with Crippen LogP contribution in [-0.2, 0) is 12.2 Å². The number of aryl methyl sites for hydroxylation is 2. The van der Waals surface area contributed by atoms with Gasteiger partial charge < -0.3 is 5.73 Å². The Morgan fingerprint density at radius 2 is 2.29 bits per heavy atom. The molecule has 0 aromatic carbocycles. The Balaban J connectivity index is 1.94. The molecule has 0 bridgehead atoms. The van der Waals surface area contributed by atoms with E-state index in [2.05, 4.69) is 24.4 Å². The van der Waals surface area contributed by atoms with E-state index in [9.17, 15) is 0 Å². The number of fused-ring (bicyclic) bond motifs is 1. The van der Waals surface area contributed by atoms with Crippen molar-refractivity contribution in [3.05, 3.63) is 43.3 Å². The summed E-state index contributed by atoms with van der Waals surface area (Å²) in [6.07, 6.45) is 1.22. The highest BCUT2D eigenvalue weighted by Crippen LogP contribution is 2.36. The maximum Gasteiger partial charge on any atom is 0.0656 e. The fraction of sp³-hybridized carbons (Fsp3) is 0.385. The van der Waals surface area contributed by atoms with E-state index in [1.807, 2.05) is 23.1 Å². The Hall–Kier alpha value is -0.290. The molecule has 90 valence electrons. The van der Waals surface area contributed by atoms with Crippen molar-refractivity contribution in [1.82, 2.24) is 0 Å². The first-order valence-corrected chi connectivity index (χ1v) is 8.59.